The minimum atomic E-state index is -0.317. The fraction of sp³-hybridized carbons (Fsp3) is 0.304. The van der Waals surface area contributed by atoms with Crippen LogP contribution in [-0.4, -0.2) is 17.8 Å². The molecule has 2 aliphatic rings. The molecule has 27 heavy (non-hydrogen) atoms. The molecule has 2 aromatic carbocycles. The third kappa shape index (κ3) is 4.20. The van der Waals surface area contributed by atoms with Crippen LogP contribution in [0.5, 0.6) is 0 Å². The van der Waals surface area contributed by atoms with Gasteiger partial charge in [0, 0.05) is 29.1 Å². The molecule has 2 aromatic rings. The Balaban J connectivity index is 1.58. The van der Waals surface area contributed by atoms with Gasteiger partial charge in [0.05, 0.1) is 11.8 Å². The fourth-order valence-corrected chi connectivity index (χ4v) is 4.12. The molecule has 1 heterocycles. The molecule has 0 amide bonds. The second-order valence-electron chi connectivity index (χ2n) is 7.46. The summed E-state index contributed by atoms with van der Waals surface area (Å²) in [7, 11) is 0. The Kier molecular flexibility index (Phi) is 5.24. The highest BCUT2D eigenvalue weighted by atomic mass is 35.5. The number of hydrogen-bond acceptors (Lipinski definition) is 3. The van der Waals surface area contributed by atoms with E-state index in [2.05, 4.69) is 46.7 Å². The number of halogens is 1. The van der Waals surface area contributed by atoms with Crippen molar-refractivity contribution in [3.63, 3.8) is 0 Å². The van der Waals surface area contributed by atoms with Crippen molar-refractivity contribution in [2.24, 2.45) is 0 Å². The lowest BCUT2D eigenvalue weighted by molar-refractivity contribution is 0.195. The van der Waals surface area contributed by atoms with E-state index in [9.17, 15) is 5.11 Å². The average molecular weight is 381 g/mol. The lowest BCUT2D eigenvalue weighted by Gasteiger charge is -2.29. The first-order chi connectivity index (χ1) is 13.1. The van der Waals surface area contributed by atoms with Crippen LogP contribution >= 0.6 is 11.6 Å². The monoisotopic (exact) mass is 380 g/mol. The van der Waals surface area contributed by atoms with Gasteiger partial charge in [-0.2, -0.15) is 0 Å². The standard InChI is InChI=1S/C23H25ClN2O/c1-16(27)12-17-8-10-20(11-9-17)25-23-15-26(14-18-4-2-7-22(18)23)21-6-3-5-19(24)13-21/h3,5-6,8-11,13,15-16,25,27H,2,4,7,12,14H2,1H3. The molecule has 1 atom stereocenters. The number of anilines is 2. The summed E-state index contributed by atoms with van der Waals surface area (Å²) in [5.41, 5.74) is 7.49. The predicted octanol–water partition coefficient (Wildman–Crippen LogP) is 5.52. The van der Waals surface area contributed by atoms with E-state index in [4.69, 9.17) is 11.6 Å². The molecule has 0 saturated carbocycles. The summed E-state index contributed by atoms with van der Waals surface area (Å²) in [6.45, 7) is 2.76. The zero-order chi connectivity index (χ0) is 18.8. The number of nitrogens with one attached hydrogen (secondary N) is 1. The van der Waals surface area contributed by atoms with E-state index < -0.39 is 0 Å². The van der Waals surface area contributed by atoms with Crippen LogP contribution in [-0.2, 0) is 6.42 Å². The van der Waals surface area contributed by atoms with Gasteiger partial charge in [0.25, 0.3) is 0 Å². The number of aliphatic hydroxyl groups excluding tert-OH is 1. The van der Waals surface area contributed by atoms with E-state index in [1.54, 1.807) is 0 Å². The van der Waals surface area contributed by atoms with E-state index in [0.717, 1.165) is 34.9 Å². The molecule has 0 saturated heterocycles. The van der Waals surface area contributed by atoms with Gasteiger partial charge in [-0.1, -0.05) is 29.8 Å². The summed E-state index contributed by atoms with van der Waals surface area (Å²) in [5, 5.41) is 13.9. The van der Waals surface area contributed by atoms with Gasteiger partial charge in [-0.25, -0.2) is 0 Å². The quantitative estimate of drug-likeness (QED) is 0.717. The molecule has 3 nitrogen and oxygen atoms in total. The van der Waals surface area contributed by atoms with Crippen molar-refractivity contribution in [2.75, 3.05) is 16.8 Å². The van der Waals surface area contributed by atoms with E-state index in [-0.39, 0.29) is 6.10 Å². The van der Waals surface area contributed by atoms with E-state index in [0.29, 0.717) is 6.42 Å². The summed E-state index contributed by atoms with van der Waals surface area (Å²) in [5.74, 6) is 0. The average Bonchev–Trinajstić information content (AvgIpc) is 3.12. The van der Waals surface area contributed by atoms with Crippen molar-refractivity contribution in [1.29, 1.82) is 0 Å². The summed E-state index contributed by atoms with van der Waals surface area (Å²) < 4.78 is 0. The van der Waals surface area contributed by atoms with Crippen molar-refractivity contribution in [2.45, 2.75) is 38.7 Å². The molecule has 0 radical (unpaired) electrons. The predicted molar refractivity (Wildman–Crippen MR) is 113 cm³/mol. The van der Waals surface area contributed by atoms with Crippen LogP contribution in [0.1, 0.15) is 31.7 Å². The molecule has 0 spiro atoms. The lowest BCUT2D eigenvalue weighted by atomic mass is 10.0. The maximum Gasteiger partial charge on any atom is 0.0582 e. The first-order valence-corrected chi connectivity index (χ1v) is 9.95. The number of benzene rings is 2. The van der Waals surface area contributed by atoms with Crippen LogP contribution < -0.4 is 10.2 Å². The molecule has 140 valence electrons. The van der Waals surface area contributed by atoms with Gasteiger partial charge in [-0.15, -0.1) is 0 Å². The van der Waals surface area contributed by atoms with Crippen molar-refractivity contribution in [3.05, 3.63) is 82.2 Å². The topological polar surface area (TPSA) is 35.5 Å². The van der Waals surface area contributed by atoms with Gasteiger partial charge in [-0.05, 0) is 79.6 Å². The largest absolute Gasteiger partial charge is 0.393 e. The molecule has 4 rings (SSSR count). The summed E-state index contributed by atoms with van der Waals surface area (Å²) in [6.07, 6.45) is 6.10. The van der Waals surface area contributed by atoms with Gasteiger partial charge in [0.15, 0.2) is 0 Å². The molecule has 2 N–H and O–H groups in total. The Hall–Kier alpha value is -2.23. The third-order valence-corrected chi connectivity index (χ3v) is 5.44. The van der Waals surface area contributed by atoms with Gasteiger partial charge < -0.3 is 15.3 Å². The Labute approximate surface area is 166 Å². The number of nitrogens with zero attached hydrogens (tertiary/aromatic N) is 1. The number of hydrogen-bond donors (Lipinski definition) is 2. The zero-order valence-electron chi connectivity index (χ0n) is 15.6. The minimum absolute atomic E-state index is 0.317. The molecular weight excluding hydrogens is 356 g/mol. The second kappa shape index (κ2) is 7.79. The smallest absolute Gasteiger partial charge is 0.0582 e. The van der Waals surface area contributed by atoms with Gasteiger partial charge >= 0.3 is 0 Å². The summed E-state index contributed by atoms with van der Waals surface area (Å²) >= 11 is 6.20. The maximum atomic E-state index is 9.55. The molecular formula is C23H25ClN2O. The van der Waals surface area contributed by atoms with E-state index in [1.807, 2.05) is 25.1 Å². The highest BCUT2D eigenvalue weighted by molar-refractivity contribution is 6.30. The highest BCUT2D eigenvalue weighted by Gasteiger charge is 2.25. The first kappa shape index (κ1) is 18.1. The van der Waals surface area contributed by atoms with Crippen LogP contribution in [0.3, 0.4) is 0 Å². The first-order valence-electron chi connectivity index (χ1n) is 9.58. The van der Waals surface area contributed by atoms with E-state index in [1.165, 1.54) is 29.7 Å². The third-order valence-electron chi connectivity index (χ3n) is 5.21. The molecule has 0 aromatic heterocycles. The SMILES string of the molecule is CC(O)Cc1ccc(NC2=CN(c3cccc(Cl)c3)CC3=C2CCC3)cc1. The van der Waals surface area contributed by atoms with Crippen LogP contribution in [0.4, 0.5) is 11.4 Å². The fourth-order valence-electron chi connectivity index (χ4n) is 3.94. The van der Waals surface area contributed by atoms with E-state index >= 15 is 0 Å². The Bertz CT molecular complexity index is 884. The summed E-state index contributed by atoms with van der Waals surface area (Å²) in [6, 6.07) is 16.4. The van der Waals surface area contributed by atoms with Crippen molar-refractivity contribution >= 4 is 23.0 Å². The summed E-state index contributed by atoms with van der Waals surface area (Å²) in [4.78, 5) is 2.28. The van der Waals surface area contributed by atoms with Crippen LogP contribution in [0, 0.1) is 0 Å². The maximum absolute atomic E-state index is 9.55. The molecule has 1 aliphatic carbocycles. The van der Waals surface area contributed by atoms with Crippen LogP contribution in [0.25, 0.3) is 0 Å². The molecule has 0 fully saturated rings. The Morgan fingerprint density at radius 1 is 1.15 bits per heavy atom. The molecule has 1 unspecified atom stereocenters. The molecule has 0 bridgehead atoms. The zero-order valence-corrected chi connectivity index (χ0v) is 16.3. The number of rotatable bonds is 5. The highest BCUT2D eigenvalue weighted by Crippen LogP contribution is 2.37. The van der Waals surface area contributed by atoms with Crippen LogP contribution in [0.15, 0.2) is 71.6 Å². The minimum Gasteiger partial charge on any atom is -0.393 e. The van der Waals surface area contributed by atoms with Gasteiger partial charge in [0.2, 0.25) is 0 Å². The molecule has 4 heteroatoms. The van der Waals surface area contributed by atoms with Crippen molar-refractivity contribution in [3.8, 4) is 0 Å². The van der Waals surface area contributed by atoms with Gasteiger partial charge in [-0.3, -0.25) is 0 Å². The number of allylic oxidation sites excluding steroid dienone is 1. The Morgan fingerprint density at radius 3 is 2.70 bits per heavy atom. The normalized spacial score (nSPS) is 17.6. The lowest BCUT2D eigenvalue weighted by Crippen LogP contribution is -2.25. The Morgan fingerprint density at radius 2 is 1.96 bits per heavy atom. The number of aliphatic hydroxyl groups is 1. The molecule has 1 aliphatic heterocycles. The second-order valence-corrected chi connectivity index (χ2v) is 7.90. The van der Waals surface area contributed by atoms with Crippen LogP contribution in [0.2, 0.25) is 5.02 Å². The van der Waals surface area contributed by atoms with Crippen molar-refractivity contribution in [1.82, 2.24) is 0 Å². The van der Waals surface area contributed by atoms with Gasteiger partial charge in [0.1, 0.15) is 0 Å². The van der Waals surface area contributed by atoms with Crippen molar-refractivity contribution < 1.29 is 5.11 Å².